The Morgan fingerprint density at radius 1 is 1.00 bits per heavy atom. The number of benzene rings is 1. The van der Waals surface area contributed by atoms with Gasteiger partial charge in [0, 0.05) is 30.4 Å². The van der Waals surface area contributed by atoms with Gasteiger partial charge in [-0.25, -0.2) is 4.79 Å². The summed E-state index contributed by atoms with van der Waals surface area (Å²) in [6.45, 7) is 3.08. The van der Waals surface area contributed by atoms with Crippen molar-refractivity contribution in [3.05, 3.63) is 18.2 Å². The molecule has 102 valence electrons. The van der Waals surface area contributed by atoms with Crippen LogP contribution in [0.3, 0.4) is 0 Å². The SMILES string of the molecule is CCC(=O)Nc1cc(NC(C)=O)cc(NC(N)=O)c1. The quantitative estimate of drug-likeness (QED) is 0.660. The number of anilines is 3. The van der Waals surface area contributed by atoms with Gasteiger partial charge in [0.15, 0.2) is 0 Å². The highest BCUT2D eigenvalue weighted by Gasteiger charge is 2.06. The standard InChI is InChI=1S/C12H16N4O3/c1-3-11(18)15-9-4-8(14-7(2)17)5-10(6-9)16-12(13)19/h4-6H,3H2,1-2H3,(H,14,17)(H,15,18)(H3,13,16,19). The van der Waals surface area contributed by atoms with Crippen LogP contribution >= 0.6 is 0 Å². The molecule has 0 spiro atoms. The second-order valence-corrected chi connectivity index (χ2v) is 3.87. The second-order valence-electron chi connectivity index (χ2n) is 3.87. The second kappa shape index (κ2) is 6.39. The van der Waals surface area contributed by atoms with E-state index in [1.54, 1.807) is 19.1 Å². The summed E-state index contributed by atoms with van der Waals surface area (Å²) in [7, 11) is 0. The molecule has 1 aromatic carbocycles. The van der Waals surface area contributed by atoms with Crippen molar-refractivity contribution in [2.45, 2.75) is 20.3 Å². The molecule has 1 rings (SSSR count). The fourth-order valence-electron chi connectivity index (χ4n) is 1.44. The third-order valence-electron chi connectivity index (χ3n) is 2.13. The maximum atomic E-state index is 11.3. The summed E-state index contributed by atoms with van der Waals surface area (Å²) in [4.78, 5) is 33.2. The van der Waals surface area contributed by atoms with Crippen molar-refractivity contribution in [2.75, 3.05) is 16.0 Å². The van der Waals surface area contributed by atoms with E-state index in [9.17, 15) is 14.4 Å². The minimum atomic E-state index is -0.729. The van der Waals surface area contributed by atoms with Crippen LogP contribution < -0.4 is 21.7 Å². The summed E-state index contributed by atoms with van der Waals surface area (Å²) in [5.74, 6) is -0.436. The van der Waals surface area contributed by atoms with Gasteiger partial charge in [-0.15, -0.1) is 0 Å². The van der Waals surface area contributed by atoms with E-state index in [-0.39, 0.29) is 11.8 Å². The van der Waals surface area contributed by atoms with Crippen LogP contribution in [0.25, 0.3) is 0 Å². The lowest BCUT2D eigenvalue weighted by atomic mass is 10.2. The number of carbonyl (C=O) groups excluding carboxylic acids is 3. The summed E-state index contributed by atoms with van der Waals surface area (Å²) < 4.78 is 0. The Morgan fingerprint density at radius 2 is 1.47 bits per heavy atom. The van der Waals surface area contributed by atoms with Gasteiger partial charge in [-0.05, 0) is 18.2 Å². The molecule has 4 amide bonds. The molecular weight excluding hydrogens is 248 g/mol. The summed E-state index contributed by atoms with van der Waals surface area (Å²) in [5, 5.41) is 7.59. The number of carbonyl (C=O) groups is 3. The first kappa shape index (κ1) is 14.5. The molecular formula is C12H16N4O3. The number of nitrogens with two attached hydrogens (primary N) is 1. The van der Waals surface area contributed by atoms with Gasteiger partial charge in [-0.1, -0.05) is 6.92 Å². The zero-order valence-electron chi connectivity index (χ0n) is 10.7. The Bertz CT molecular complexity index is 479. The monoisotopic (exact) mass is 264 g/mol. The fourth-order valence-corrected chi connectivity index (χ4v) is 1.44. The zero-order chi connectivity index (χ0) is 14.4. The van der Waals surface area contributed by atoms with Gasteiger partial charge in [0.05, 0.1) is 0 Å². The van der Waals surface area contributed by atoms with Crippen molar-refractivity contribution in [2.24, 2.45) is 5.73 Å². The molecule has 19 heavy (non-hydrogen) atoms. The lowest BCUT2D eigenvalue weighted by Crippen LogP contribution is -2.20. The highest BCUT2D eigenvalue weighted by atomic mass is 16.2. The van der Waals surface area contributed by atoms with Crippen molar-refractivity contribution in [1.29, 1.82) is 0 Å². The first-order valence-electron chi connectivity index (χ1n) is 5.69. The van der Waals surface area contributed by atoms with E-state index >= 15 is 0 Å². The van der Waals surface area contributed by atoms with Crippen molar-refractivity contribution in [3.8, 4) is 0 Å². The number of amides is 4. The lowest BCUT2D eigenvalue weighted by molar-refractivity contribution is -0.116. The van der Waals surface area contributed by atoms with E-state index in [0.29, 0.717) is 23.5 Å². The molecule has 0 heterocycles. The van der Waals surface area contributed by atoms with Gasteiger partial charge in [-0.3, -0.25) is 9.59 Å². The number of primary amides is 1. The number of hydrogen-bond acceptors (Lipinski definition) is 3. The topological polar surface area (TPSA) is 113 Å². The predicted molar refractivity (Wildman–Crippen MR) is 72.9 cm³/mol. The summed E-state index contributed by atoms with van der Waals surface area (Å²) in [6, 6.07) is 3.94. The third kappa shape index (κ3) is 5.07. The van der Waals surface area contributed by atoms with Crippen LogP contribution in [0.4, 0.5) is 21.9 Å². The maximum absolute atomic E-state index is 11.3. The largest absolute Gasteiger partial charge is 0.351 e. The molecule has 7 nitrogen and oxygen atoms in total. The van der Waals surface area contributed by atoms with Crippen molar-refractivity contribution in [3.63, 3.8) is 0 Å². The third-order valence-corrected chi connectivity index (χ3v) is 2.13. The number of rotatable bonds is 4. The molecule has 0 saturated carbocycles. The summed E-state index contributed by atoms with van der Waals surface area (Å²) >= 11 is 0. The molecule has 1 aromatic rings. The van der Waals surface area contributed by atoms with Gasteiger partial charge in [0.2, 0.25) is 11.8 Å². The molecule has 0 aliphatic rings. The van der Waals surface area contributed by atoms with Crippen LogP contribution in [0.2, 0.25) is 0 Å². The number of nitrogens with one attached hydrogen (secondary N) is 3. The molecule has 0 saturated heterocycles. The normalized spacial score (nSPS) is 9.58. The highest BCUT2D eigenvalue weighted by molar-refractivity contribution is 5.96. The van der Waals surface area contributed by atoms with Crippen LogP contribution in [-0.4, -0.2) is 17.8 Å². The van der Waals surface area contributed by atoms with Crippen LogP contribution in [0.15, 0.2) is 18.2 Å². The van der Waals surface area contributed by atoms with Crippen LogP contribution in [0.5, 0.6) is 0 Å². The van der Waals surface area contributed by atoms with Gasteiger partial charge >= 0.3 is 6.03 Å². The summed E-state index contributed by atoms with van der Waals surface area (Å²) in [5.41, 5.74) is 6.32. The first-order chi connectivity index (χ1) is 8.90. The Hall–Kier alpha value is -2.57. The van der Waals surface area contributed by atoms with Crippen molar-refractivity contribution < 1.29 is 14.4 Å². The minimum absolute atomic E-state index is 0.176. The maximum Gasteiger partial charge on any atom is 0.316 e. The van der Waals surface area contributed by atoms with E-state index in [4.69, 9.17) is 5.73 Å². The Kier molecular flexibility index (Phi) is 4.87. The lowest BCUT2D eigenvalue weighted by Gasteiger charge is -2.11. The average molecular weight is 264 g/mol. The average Bonchev–Trinajstić information content (AvgIpc) is 2.26. The predicted octanol–water partition coefficient (Wildman–Crippen LogP) is 1.48. The Labute approximate surface area is 110 Å². The molecule has 7 heteroatoms. The Balaban J connectivity index is 3.04. The molecule has 0 atom stereocenters. The Morgan fingerprint density at radius 3 is 1.89 bits per heavy atom. The van der Waals surface area contributed by atoms with Crippen LogP contribution in [-0.2, 0) is 9.59 Å². The number of urea groups is 1. The molecule has 0 unspecified atom stereocenters. The van der Waals surface area contributed by atoms with Gasteiger partial charge < -0.3 is 21.7 Å². The molecule has 0 radical (unpaired) electrons. The van der Waals surface area contributed by atoms with E-state index < -0.39 is 6.03 Å². The summed E-state index contributed by atoms with van der Waals surface area (Å²) in [6.07, 6.45) is 0.322. The molecule has 0 aliphatic heterocycles. The van der Waals surface area contributed by atoms with Crippen molar-refractivity contribution >= 4 is 34.9 Å². The zero-order valence-corrected chi connectivity index (χ0v) is 10.7. The molecule has 5 N–H and O–H groups in total. The van der Waals surface area contributed by atoms with Crippen molar-refractivity contribution in [1.82, 2.24) is 0 Å². The highest BCUT2D eigenvalue weighted by Crippen LogP contribution is 2.23. The smallest absolute Gasteiger partial charge is 0.316 e. The number of hydrogen-bond donors (Lipinski definition) is 4. The van der Waals surface area contributed by atoms with Crippen LogP contribution in [0.1, 0.15) is 20.3 Å². The molecule has 0 bridgehead atoms. The van der Waals surface area contributed by atoms with E-state index in [0.717, 1.165) is 0 Å². The van der Waals surface area contributed by atoms with Gasteiger partial charge in [0.1, 0.15) is 0 Å². The first-order valence-corrected chi connectivity index (χ1v) is 5.69. The van der Waals surface area contributed by atoms with E-state index in [2.05, 4.69) is 16.0 Å². The minimum Gasteiger partial charge on any atom is -0.351 e. The molecule has 0 fully saturated rings. The molecule has 0 aliphatic carbocycles. The molecule has 0 aromatic heterocycles. The van der Waals surface area contributed by atoms with Gasteiger partial charge in [0.25, 0.3) is 0 Å². The fraction of sp³-hybridized carbons (Fsp3) is 0.250. The van der Waals surface area contributed by atoms with Gasteiger partial charge in [-0.2, -0.15) is 0 Å². The van der Waals surface area contributed by atoms with E-state index in [1.165, 1.54) is 13.0 Å². The van der Waals surface area contributed by atoms with E-state index in [1.807, 2.05) is 0 Å². The van der Waals surface area contributed by atoms with Crippen LogP contribution in [0, 0.1) is 0 Å².